The van der Waals surface area contributed by atoms with Crippen molar-refractivity contribution < 1.29 is 19.6 Å². The standard InChI is InChI=1S/C27H36BN3O4/c1-19(23(18-29)26(33)31-27(2,3)4)15-22-12-8-11-21(16-22)13-14-25(32)30-24(28(34)35)17-20-9-6-5-7-10-20/h5-12,16,19,23-24,34-35H,13-15,17H2,1-4H3,(H,30,32)(H,31,33)/t19?,23?,24-/m0/s1. The van der Waals surface area contributed by atoms with Crippen LogP contribution in [0.25, 0.3) is 0 Å². The fourth-order valence-electron chi connectivity index (χ4n) is 3.93. The molecule has 35 heavy (non-hydrogen) atoms. The van der Waals surface area contributed by atoms with Crippen LogP contribution in [0.3, 0.4) is 0 Å². The van der Waals surface area contributed by atoms with Crippen molar-refractivity contribution in [3.05, 3.63) is 71.3 Å². The summed E-state index contributed by atoms with van der Waals surface area (Å²) in [6.07, 6.45) is 1.57. The summed E-state index contributed by atoms with van der Waals surface area (Å²) in [6.45, 7) is 7.54. The van der Waals surface area contributed by atoms with Gasteiger partial charge in [0, 0.05) is 12.0 Å². The smallest absolute Gasteiger partial charge is 0.426 e. The van der Waals surface area contributed by atoms with Gasteiger partial charge in [0.25, 0.3) is 0 Å². The second kappa shape index (κ2) is 13.1. The molecule has 0 fully saturated rings. The van der Waals surface area contributed by atoms with Crippen LogP contribution >= 0.6 is 0 Å². The molecule has 0 spiro atoms. The lowest BCUT2D eigenvalue weighted by Gasteiger charge is -2.25. The lowest BCUT2D eigenvalue weighted by molar-refractivity contribution is -0.126. The molecule has 0 bridgehead atoms. The van der Waals surface area contributed by atoms with Gasteiger partial charge in [-0.2, -0.15) is 5.26 Å². The van der Waals surface area contributed by atoms with Gasteiger partial charge in [-0.3, -0.25) is 9.59 Å². The molecule has 0 radical (unpaired) electrons. The Balaban J connectivity index is 1.93. The van der Waals surface area contributed by atoms with Crippen LogP contribution in [0.1, 0.15) is 50.8 Å². The van der Waals surface area contributed by atoms with Crippen molar-refractivity contribution in [2.75, 3.05) is 0 Å². The molecular weight excluding hydrogens is 441 g/mol. The third-order valence-corrected chi connectivity index (χ3v) is 5.68. The Morgan fingerprint density at radius 1 is 1.00 bits per heavy atom. The van der Waals surface area contributed by atoms with E-state index in [2.05, 4.69) is 16.7 Å². The maximum Gasteiger partial charge on any atom is 0.475 e. The molecule has 0 saturated carbocycles. The number of nitrogens with one attached hydrogen (secondary N) is 2. The number of carbonyl (C=O) groups is 2. The van der Waals surface area contributed by atoms with Crippen LogP contribution in [-0.4, -0.2) is 40.5 Å². The summed E-state index contributed by atoms with van der Waals surface area (Å²) in [6, 6.07) is 19.3. The molecule has 4 N–H and O–H groups in total. The molecule has 0 aromatic heterocycles. The molecule has 2 rings (SSSR count). The number of rotatable bonds is 11. The Morgan fingerprint density at radius 3 is 2.23 bits per heavy atom. The minimum absolute atomic E-state index is 0.175. The Kier molecular flexibility index (Phi) is 10.5. The zero-order chi connectivity index (χ0) is 26.0. The summed E-state index contributed by atoms with van der Waals surface area (Å²) in [7, 11) is -1.66. The van der Waals surface area contributed by atoms with Crippen molar-refractivity contribution in [2.45, 2.75) is 64.9 Å². The van der Waals surface area contributed by atoms with Gasteiger partial charge < -0.3 is 20.7 Å². The summed E-state index contributed by atoms with van der Waals surface area (Å²) in [5, 5.41) is 34.5. The largest absolute Gasteiger partial charge is 0.475 e. The molecule has 0 aliphatic heterocycles. The van der Waals surface area contributed by atoms with Crippen molar-refractivity contribution in [2.24, 2.45) is 11.8 Å². The lowest BCUT2D eigenvalue weighted by atomic mass is 9.76. The molecule has 0 aliphatic carbocycles. The first-order valence-corrected chi connectivity index (χ1v) is 12.0. The van der Waals surface area contributed by atoms with E-state index in [1.54, 1.807) is 0 Å². The molecule has 7 nitrogen and oxygen atoms in total. The summed E-state index contributed by atoms with van der Waals surface area (Å²) < 4.78 is 0. The van der Waals surface area contributed by atoms with E-state index >= 15 is 0 Å². The maximum absolute atomic E-state index is 12.5. The molecule has 0 saturated heterocycles. The molecule has 0 aliphatic rings. The van der Waals surface area contributed by atoms with E-state index < -0.39 is 24.5 Å². The fraction of sp³-hybridized carbons (Fsp3) is 0.444. The van der Waals surface area contributed by atoms with Gasteiger partial charge in [-0.1, -0.05) is 61.5 Å². The van der Waals surface area contributed by atoms with E-state index in [4.69, 9.17) is 0 Å². The highest BCUT2D eigenvalue weighted by Gasteiger charge is 2.28. The van der Waals surface area contributed by atoms with Crippen LogP contribution in [0.4, 0.5) is 0 Å². The van der Waals surface area contributed by atoms with Gasteiger partial charge in [0.05, 0.1) is 12.0 Å². The van der Waals surface area contributed by atoms with E-state index in [1.165, 1.54) is 0 Å². The average Bonchev–Trinajstić information content (AvgIpc) is 2.77. The topological polar surface area (TPSA) is 122 Å². The zero-order valence-corrected chi connectivity index (χ0v) is 21.0. The molecule has 0 heterocycles. The van der Waals surface area contributed by atoms with Crippen LogP contribution in [0, 0.1) is 23.2 Å². The first kappa shape index (κ1) is 28.1. The molecule has 2 aromatic rings. The van der Waals surface area contributed by atoms with E-state index in [1.807, 2.05) is 82.3 Å². The number of amides is 2. The van der Waals surface area contributed by atoms with Gasteiger partial charge in [0.15, 0.2) is 0 Å². The number of hydrogen-bond donors (Lipinski definition) is 4. The molecule has 2 unspecified atom stereocenters. The van der Waals surface area contributed by atoms with Crippen LogP contribution in [0.15, 0.2) is 54.6 Å². The fourth-order valence-corrected chi connectivity index (χ4v) is 3.93. The number of hydrogen-bond acceptors (Lipinski definition) is 5. The average molecular weight is 477 g/mol. The predicted octanol–water partition coefficient (Wildman–Crippen LogP) is 2.59. The van der Waals surface area contributed by atoms with Gasteiger partial charge in [0.2, 0.25) is 11.8 Å². The van der Waals surface area contributed by atoms with Gasteiger partial charge in [-0.15, -0.1) is 0 Å². The highest BCUT2D eigenvalue weighted by atomic mass is 16.4. The highest BCUT2D eigenvalue weighted by molar-refractivity contribution is 6.43. The normalized spacial score (nSPS) is 13.7. The molecule has 8 heteroatoms. The molecule has 3 atom stereocenters. The van der Waals surface area contributed by atoms with Gasteiger partial charge in [0.1, 0.15) is 5.92 Å². The van der Waals surface area contributed by atoms with E-state index in [0.29, 0.717) is 19.3 Å². The van der Waals surface area contributed by atoms with Crippen LogP contribution in [0.5, 0.6) is 0 Å². The molecule has 2 aromatic carbocycles. The molecule has 186 valence electrons. The number of aryl methyl sites for hydroxylation is 1. The molecule has 2 amide bonds. The van der Waals surface area contributed by atoms with Gasteiger partial charge in [-0.05, 0) is 62.6 Å². The number of benzene rings is 2. The van der Waals surface area contributed by atoms with E-state index in [0.717, 1.165) is 16.7 Å². The van der Waals surface area contributed by atoms with Crippen molar-refractivity contribution in [3.63, 3.8) is 0 Å². The summed E-state index contributed by atoms with van der Waals surface area (Å²) in [5.41, 5.74) is 2.45. The van der Waals surface area contributed by atoms with Gasteiger partial charge in [-0.25, -0.2) is 0 Å². The highest BCUT2D eigenvalue weighted by Crippen LogP contribution is 2.20. The summed E-state index contributed by atoms with van der Waals surface area (Å²) >= 11 is 0. The van der Waals surface area contributed by atoms with E-state index in [9.17, 15) is 24.9 Å². The Morgan fingerprint density at radius 2 is 1.63 bits per heavy atom. The van der Waals surface area contributed by atoms with Crippen LogP contribution in [0.2, 0.25) is 0 Å². The van der Waals surface area contributed by atoms with Crippen molar-refractivity contribution in [1.29, 1.82) is 5.26 Å². The van der Waals surface area contributed by atoms with Crippen molar-refractivity contribution in [3.8, 4) is 6.07 Å². The minimum Gasteiger partial charge on any atom is -0.426 e. The number of nitrogens with zero attached hydrogens (tertiary/aromatic N) is 1. The third-order valence-electron chi connectivity index (χ3n) is 5.68. The molecular formula is C27H36BN3O4. The Bertz CT molecular complexity index is 1020. The SMILES string of the molecule is CC(Cc1cccc(CCC(=O)N[C@@H](Cc2ccccc2)B(O)O)c1)C(C#N)C(=O)NC(C)(C)C. The van der Waals surface area contributed by atoms with Crippen molar-refractivity contribution in [1.82, 2.24) is 10.6 Å². The second-order valence-electron chi connectivity index (χ2n) is 10.1. The van der Waals surface area contributed by atoms with Crippen LogP contribution < -0.4 is 10.6 Å². The monoisotopic (exact) mass is 477 g/mol. The summed E-state index contributed by atoms with van der Waals surface area (Å²) in [5.74, 6) is -2.25. The second-order valence-corrected chi connectivity index (χ2v) is 10.1. The van der Waals surface area contributed by atoms with Crippen molar-refractivity contribution >= 4 is 18.9 Å². The lowest BCUT2D eigenvalue weighted by Crippen LogP contribution is -2.47. The first-order chi connectivity index (χ1) is 16.5. The van der Waals surface area contributed by atoms with E-state index in [-0.39, 0.29) is 24.2 Å². The quantitative estimate of drug-likeness (QED) is 0.371. The summed E-state index contributed by atoms with van der Waals surface area (Å²) in [4.78, 5) is 25.0. The Hall–Kier alpha value is -3.15. The number of nitriles is 1. The Labute approximate surface area is 208 Å². The number of carbonyl (C=O) groups excluding carboxylic acids is 2. The first-order valence-electron chi connectivity index (χ1n) is 12.0. The van der Waals surface area contributed by atoms with Gasteiger partial charge >= 0.3 is 7.12 Å². The zero-order valence-electron chi connectivity index (χ0n) is 21.0. The van der Waals surface area contributed by atoms with Crippen LogP contribution in [-0.2, 0) is 28.9 Å². The maximum atomic E-state index is 12.5. The third kappa shape index (κ3) is 9.93. The minimum atomic E-state index is -1.66. The predicted molar refractivity (Wildman–Crippen MR) is 137 cm³/mol.